The van der Waals surface area contributed by atoms with E-state index >= 15 is 0 Å². The zero-order chi connectivity index (χ0) is 14.8. The lowest BCUT2D eigenvalue weighted by atomic mass is 9.74. The normalized spacial score (nSPS) is 19.7. The Kier molecular flexibility index (Phi) is 4.81. The molecular formula is C15H20BrFN2O. The van der Waals surface area contributed by atoms with Gasteiger partial charge >= 0.3 is 0 Å². The third kappa shape index (κ3) is 3.38. The highest BCUT2D eigenvalue weighted by Crippen LogP contribution is 2.33. The van der Waals surface area contributed by atoms with Gasteiger partial charge in [-0.2, -0.15) is 0 Å². The Labute approximate surface area is 127 Å². The standard InChI is InChI=1S/C15H20BrFN2O/c1-15(2,10-4-3-7-18-9-10)14(20)19-13-8-11(16)5-6-12(13)17/h5-6,8,10,18H,3-4,7,9H2,1-2H3,(H,19,20). The van der Waals surface area contributed by atoms with Gasteiger partial charge in [0, 0.05) is 9.89 Å². The number of carbonyl (C=O) groups is 1. The summed E-state index contributed by atoms with van der Waals surface area (Å²) in [6, 6.07) is 4.54. The van der Waals surface area contributed by atoms with Crippen molar-refractivity contribution in [3.8, 4) is 0 Å². The molecule has 0 saturated carbocycles. The number of halogens is 2. The molecule has 1 unspecified atom stereocenters. The number of anilines is 1. The van der Waals surface area contributed by atoms with E-state index in [1.54, 1.807) is 12.1 Å². The van der Waals surface area contributed by atoms with Gasteiger partial charge in [0.05, 0.1) is 5.69 Å². The fraction of sp³-hybridized carbons (Fsp3) is 0.533. The molecule has 0 aliphatic carbocycles. The van der Waals surface area contributed by atoms with E-state index in [9.17, 15) is 9.18 Å². The van der Waals surface area contributed by atoms with Crippen LogP contribution in [0.25, 0.3) is 0 Å². The fourth-order valence-corrected chi connectivity index (χ4v) is 2.89. The van der Waals surface area contributed by atoms with E-state index in [0.29, 0.717) is 0 Å². The van der Waals surface area contributed by atoms with E-state index in [2.05, 4.69) is 26.6 Å². The maximum absolute atomic E-state index is 13.7. The van der Waals surface area contributed by atoms with Gasteiger partial charge in [-0.3, -0.25) is 4.79 Å². The van der Waals surface area contributed by atoms with Gasteiger partial charge in [-0.25, -0.2) is 4.39 Å². The topological polar surface area (TPSA) is 41.1 Å². The third-order valence-corrected chi connectivity index (χ3v) is 4.57. The van der Waals surface area contributed by atoms with Crippen molar-refractivity contribution >= 4 is 27.5 Å². The molecule has 0 aromatic heterocycles. The van der Waals surface area contributed by atoms with Gasteiger partial charge in [0.25, 0.3) is 0 Å². The second-order valence-corrected chi connectivity index (χ2v) is 6.76. The van der Waals surface area contributed by atoms with Crippen molar-refractivity contribution in [2.24, 2.45) is 11.3 Å². The van der Waals surface area contributed by atoms with Crippen LogP contribution in [0.4, 0.5) is 10.1 Å². The van der Waals surface area contributed by atoms with E-state index < -0.39 is 11.2 Å². The number of rotatable bonds is 3. The zero-order valence-electron chi connectivity index (χ0n) is 11.8. The predicted octanol–water partition coefficient (Wildman–Crippen LogP) is 3.55. The summed E-state index contributed by atoms with van der Waals surface area (Å²) in [6.45, 7) is 5.70. The number of piperidine rings is 1. The minimum Gasteiger partial charge on any atom is -0.323 e. The van der Waals surface area contributed by atoms with Crippen molar-refractivity contribution in [1.82, 2.24) is 5.32 Å². The van der Waals surface area contributed by atoms with Crippen LogP contribution in [-0.4, -0.2) is 19.0 Å². The zero-order valence-corrected chi connectivity index (χ0v) is 13.4. The number of amides is 1. The Balaban J connectivity index is 2.11. The van der Waals surface area contributed by atoms with Crippen LogP contribution < -0.4 is 10.6 Å². The first-order chi connectivity index (χ1) is 9.41. The molecule has 5 heteroatoms. The largest absolute Gasteiger partial charge is 0.323 e. The van der Waals surface area contributed by atoms with Crippen molar-refractivity contribution in [3.05, 3.63) is 28.5 Å². The van der Waals surface area contributed by atoms with Crippen LogP contribution in [0.15, 0.2) is 22.7 Å². The first-order valence-electron chi connectivity index (χ1n) is 6.88. The quantitative estimate of drug-likeness (QED) is 0.881. The van der Waals surface area contributed by atoms with Crippen LogP contribution in [0.5, 0.6) is 0 Å². The summed E-state index contributed by atoms with van der Waals surface area (Å²) >= 11 is 3.29. The summed E-state index contributed by atoms with van der Waals surface area (Å²) in [7, 11) is 0. The molecule has 1 aromatic rings. The second kappa shape index (κ2) is 6.22. The van der Waals surface area contributed by atoms with Crippen molar-refractivity contribution < 1.29 is 9.18 Å². The molecule has 20 heavy (non-hydrogen) atoms. The highest BCUT2D eigenvalue weighted by molar-refractivity contribution is 9.10. The molecule has 2 N–H and O–H groups in total. The van der Waals surface area contributed by atoms with E-state index in [1.165, 1.54) is 6.07 Å². The number of carbonyl (C=O) groups excluding carboxylic acids is 1. The molecule has 2 rings (SSSR count). The van der Waals surface area contributed by atoms with Gasteiger partial charge in [0.2, 0.25) is 5.91 Å². The summed E-state index contributed by atoms with van der Waals surface area (Å²) in [5.41, 5.74) is -0.302. The van der Waals surface area contributed by atoms with Gasteiger partial charge in [-0.15, -0.1) is 0 Å². The summed E-state index contributed by atoms with van der Waals surface area (Å²) in [6.07, 6.45) is 2.10. The maximum Gasteiger partial charge on any atom is 0.230 e. The Morgan fingerprint density at radius 3 is 2.90 bits per heavy atom. The van der Waals surface area contributed by atoms with Crippen LogP contribution in [0.3, 0.4) is 0 Å². The van der Waals surface area contributed by atoms with Crippen LogP contribution in [0.1, 0.15) is 26.7 Å². The van der Waals surface area contributed by atoms with Gasteiger partial charge < -0.3 is 10.6 Å². The first kappa shape index (κ1) is 15.4. The number of nitrogens with one attached hydrogen (secondary N) is 2. The molecule has 1 aliphatic rings. The van der Waals surface area contributed by atoms with Crippen LogP contribution in [0, 0.1) is 17.2 Å². The molecule has 110 valence electrons. The van der Waals surface area contributed by atoms with Gasteiger partial charge in [0.15, 0.2) is 0 Å². The van der Waals surface area contributed by atoms with E-state index in [0.717, 1.165) is 30.4 Å². The molecule has 1 amide bonds. The molecule has 1 fully saturated rings. The van der Waals surface area contributed by atoms with Crippen molar-refractivity contribution in [2.45, 2.75) is 26.7 Å². The lowest BCUT2D eigenvalue weighted by molar-refractivity contribution is -0.127. The summed E-state index contributed by atoms with van der Waals surface area (Å²) in [4.78, 5) is 12.5. The van der Waals surface area contributed by atoms with E-state index in [-0.39, 0.29) is 17.5 Å². The van der Waals surface area contributed by atoms with Gasteiger partial charge in [-0.05, 0) is 50.0 Å². The highest BCUT2D eigenvalue weighted by atomic mass is 79.9. The average Bonchev–Trinajstić information content (AvgIpc) is 2.43. The predicted molar refractivity (Wildman–Crippen MR) is 82.1 cm³/mol. The molecule has 1 saturated heterocycles. The highest BCUT2D eigenvalue weighted by Gasteiger charge is 2.37. The van der Waals surface area contributed by atoms with E-state index in [4.69, 9.17) is 0 Å². The fourth-order valence-electron chi connectivity index (χ4n) is 2.53. The average molecular weight is 343 g/mol. The van der Waals surface area contributed by atoms with Gasteiger partial charge in [-0.1, -0.05) is 29.8 Å². The Hall–Kier alpha value is -0.940. The summed E-state index contributed by atoms with van der Waals surface area (Å²) in [5.74, 6) is -0.284. The molecule has 1 aromatic carbocycles. The number of benzene rings is 1. The van der Waals surface area contributed by atoms with Crippen LogP contribution in [-0.2, 0) is 4.79 Å². The van der Waals surface area contributed by atoms with Gasteiger partial charge in [0.1, 0.15) is 5.82 Å². The lowest BCUT2D eigenvalue weighted by Crippen LogP contribution is -2.44. The summed E-state index contributed by atoms with van der Waals surface area (Å²) in [5, 5.41) is 6.04. The van der Waals surface area contributed by atoms with Crippen molar-refractivity contribution in [1.29, 1.82) is 0 Å². The molecule has 0 bridgehead atoms. The third-order valence-electron chi connectivity index (χ3n) is 4.08. The lowest BCUT2D eigenvalue weighted by Gasteiger charge is -2.36. The van der Waals surface area contributed by atoms with Crippen molar-refractivity contribution in [2.75, 3.05) is 18.4 Å². The molecule has 1 atom stereocenters. The number of hydrogen-bond donors (Lipinski definition) is 2. The van der Waals surface area contributed by atoms with Crippen LogP contribution in [0.2, 0.25) is 0 Å². The van der Waals surface area contributed by atoms with E-state index in [1.807, 2.05) is 13.8 Å². The Bertz CT molecular complexity index is 499. The minimum atomic E-state index is -0.526. The second-order valence-electron chi connectivity index (χ2n) is 5.84. The molecular weight excluding hydrogens is 323 g/mol. The minimum absolute atomic E-state index is 0.136. The Morgan fingerprint density at radius 1 is 1.50 bits per heavy atom. The maximum atomic E-state index is 13.7. The molecule has 0 spiro atoms. The summed E-state index contributed by atoms with van der Waals surface area (Å²) < 4.78 is 14.5. The molecule has 1 heterocycles. The monoisotopic (exact) mass is 342 g/mol. The number of hydrogen-bond acceptors (Lipinski definition) is 2. The first-order valence-corrected chi connectivity index (χ1v) is 7.68. The molecule has 0 radical (unpaired) electrons. The van der Waals surface area contributed by atoms with Crippen molar-refractivity contribution in [3.63, 3.8) is 0 Å². The van der Waals surface area contributed by atoms with Crippen LogP contribution >= 0.6 is 15.9 Å². The molecule has 3 nitrogen and oxygen atoms in total. The molecule has 1 aliphatic heterocycles. The SMILES string of the molecule is CC(C)(C(=O)Nc1cc(Br)ccc1F)C1CCCNC1. The Morgan fingerprint density at radius 2 is 2.25 bits per heavy atom. The smallest absolute Gasteiger partial charge is 0.230 e.